The van der Waals surface area contributed by atoms with E-state index in [2.05, 4.69) is 15.1 Å². The van der Waals surface area contributed by atoms with Crippen LogP contribution in [0.4, 0.5) is 0 Å². The molecule has 0 N–H and O–H groups in total. The van der Waals surface area contributed by atoms with Gasteiger partial charge in [-0.1, -0.05) is 35.3 Å². The third-order valence-corrected chi connectivity index (χ3v) is 5.99. The first-order valence-electron chi connectivity index (χ1n) is 8.06. The highest BCUT2D eigenvalue weighted by Gasteiger charge is 2.35. The Morgan fingerprint density at radius 3 is 2.37 bits per heavy atom. The Hall–Kier alpha value is -2.22. The molecule has 0 unspecified atom stereocenters. The molecule has 6 nitrogen and oxygen atoms in total. The molecule has 0 amide bonds. The maximum absolute atomic E-state index is 12.4. The predicted octanol–water partition coefficient (Wildman–Crippen LogP) is 4.05. The number of hydrogen-bond donors (Lipinski definition) is 0. The van der Waals surface area contributed by atoms with Crippen molar-refractivity contribution in [3.05, 3.63) is 70.0 Å². The van der Waals surface area contributed by atoms with Crippen molar-refractivity contribution in [2.45, 2.75) is 12.5 Å². The van der Waals surface area contributed by atoms with Gasteiger partial charge in [-0.3, -0.25) is 9.97 Å². The molecule has 1 atom stereocenters. The lowest BCUT2D eigenvalue weighted by atomic mass is 9.98. The lowest BCUT2D eigenvalue weighted by Gasteiger charge is -2.21. The minimum Gasteiger partial charge on any atom is -0.253 e. The van der Waals surface area contributed by atoms with Crippen molar-refractivity contribution < 1.29 is 8.42 Å². The molecule has 2 aromatic carbocycles. The largest absolute Gasteiger partial charge is 0.253 e. The van der Waals surface area contributed by atoms with E-state index in [9.17, 15) is 8.42 Å². The number of sulfonamides is 1. The molecule has 1 aliphatic rings. The fourth-order valence-electron chi connectivity index (χ4n) is 3.15. The average Bonchev–Trinajstić information content (AvgIpc) is 3.06. The Morgan fingerprint density at radius 2 is 1.70 bits per heavy atom. The molecule has 1 aliphatic heterocycles. The van der Waals surface area contributed by atoms with E-state index in [4.69, 9.17) is 23.2 Å². The van der Waals surface area contributed by atoms with Crippen LogP contribution in [0.25, 0.3) is 11.0 Å². The van der Waals surface area contributed by atoms with Crippen molar-refractivity contribution in [1.82, 2.24) is 14.4 Å². The van der Waals surface area contributed by atoms with Crippen LogP contribution in [0.1, 0.15) is 23.6 Å². The second-order valence-electron chi connectivity index (χ2n) is 6.20. The van der Waals surface area contributed by atoms with Crippen LogP contribution in [0.5, 0.6) is 0 Å². The Labute approximate surface area is 166 Å². The number of halogens is 2. The first kappa shape index (κ1) is 18.2. The van der Waals surface area contributed by atoms with Crippen LogP contribution in [-0.2, 0) is 10.0 Å². The Kier molecular flexibility index (Phi) is 4.53. The van der Waals surface area contributed by atoms with Crippen molar-refractivity contribution in [3.63, 3.8) is 0 Å². The molecular formula is C18H14Cl2N4O2S. The number of benzene rings is 2. The number of fused-ring (bicyclic) bond motifs is 1. The third kappa shape index (κ3) is 3.38. The van der Waals surface area contributed by atoms with Gasteiger partial charge >= 0.3 is 0 Å². The highest BCUT2D eigenvalue weighted by molar-refractivity contribution is 7.88. The van der Waals surface area contributed by atoms with Gasteiger partial charge in [-0.15, -0.1) is 0 Å². The molecule has 1 aromatic heterocycles. The van der Waals surface area contributed by atoms with Gasteiger partial charge in [-0.05, 0) is 29.8 Å². The SMILES string of the molecule is CS(=O)(=O)N1N=C(c2c(Cl)cccc2Cl)C[C@@H]1c1ccc2nccnc2c1. The van der Waals surface area contributed by atoms with Gasteiger partial charge in [0.15, 0.2) is 0 Å². The summed E-state index contributed by atoms with van der Waals surface area (Å²) in [7, 11) is -3.60. The smallest absolute Gasteiger partial charge is 0.247 e. The lowest BCUT2D eigenvalue weighted by molar-refractivity contribution is 0.375. The molecule has 0 spiro atoms. The standard InChI is InChI=1S/C18H14Cl2N4O2S/c1-27(25,26)24-17(11-5-6-14-15(9-11)22-8-7-21-14)10-16(23-24)18-12(19)3-2-4-13(18)20/h2-9,17H,10H2,1H3/t17-/m1/s1. The van der Waals surface area contributed by atoms with Crippen LogP contribution >= 0.6 is 23.2 Å². The fraction of sp³-hybridized carbons (Fsp3) is 0.167. The molecule has 0 saturated carbocycles. The number of nitrogens with zero attached hydrogens (tertiary/aromatic N) is 4. The van der Waals surface area contributed by atoms with Gasteiger partial charge in [-0.25, -0.2) is 8.42 Å². The van der Waals surface area contributed by atoms with Crippen molar-refractivity contribution in [3.8, 4) is 0 Å². The molecule has 138 valence electrons. The zero-order valence-electron chi connectivity index (χ0n) is 14.2. The molecule has 0 bridgehead atoms. The molecule has 2 heterocycles. The van der Waals surface area contributed by atoms with E-state index in [0.29, 0.717) is 33.3 Å². The summed E-state index contributed by atoms with van der Waals surface area (Å²) in [6.07, 6.45) is 4.69. The minimum atomic E-state index is -3.60. The van der Waals surface area contributed by atoms with E-state index in [0.717, 1.165) is 21.8 Å². The fourth-order valence-corrected chi connectivity index (χ4v) is 4.68. The van der Waals surface area contributed by atoms with Gasteiger partial charge in [0.1, 0.15) is 0 Å². The summed E-state index contributed by atoms with van der Waals surface area (Å²) < 4.78 is 25.8. The van der Waals surface area contributed by atoms with Crippen molar-refractivity contribution in [2.75, 3.05) is 6.26 Å². The van der Waals surface area contributed by atoms with E-state index >= 15 is 0 Å². The zero-order chi connectivity index (χ0) is 19.2. The molecule has 0 saturated heterocycles. The normalized spacial score (nSPS) is 17.4. The maximum Gasteiger partial charge on any atom is 0.247 e. The molecule has 27 heavy (non-hydrogen) atoms. The summed E-state index contributed by atoms with van der Waals surface area (Å²) in [5.41, 5.74) is 3.28. The van der Waals surface area contributed by atoms with Gasteiger partial charge < -0.3 is 0 Å². The van der Waals surface area contributed by atoms with Crippen molar-refractivity contribution in [2.24, 2.45) is 5.10 Å². The number of aromatic nitrogens is 2. The highest BCUT2D eigenvalue weighted by atomic mass is 35.5. The predicted molar refractivity (Wildman–Crippen MR) is 107 cm³/mol. The van der Waals surface area contributed by atoms with Gasteiger partial charge in [0.2, 0.25) is 10.0 Å². The summed E-state index contributed by atoms with van der Waals surface area (Å²) in [4.78, 5) is 8.54. The van der Waals surface area contributed by atoms with E-state index in [-0.39, 0.29) is 0 Å². The first-order chi connectivity index (χ1) is 12.8. The molecule has 9 heteroatoms. The summed E-state index contributed by atoms with van der Waals surface area (Å²) >= 11 is 12.6. The zero-order valence-corrected chi connectivity index (χ0v) is 16.5. The molecule has 0 aliphatic carbocycles. The second kappa shape index (κ2) is 6.74. The second-order valence-corrected chi connectivity index (χ2v) is 8.86. The Balaban J connectivity index is 1.81. The van der Waals surface area contributed by atoms with Gasteiger partial charge in [0, 0.05) is 24.4 Å². The summed E-state index contributed by atoms with van der Waals surface area (Å²) in [5, 5.41) is 5.21. The molecule has 3 aromatic rings. The van der Waals surface area contributed by atoms with E-state index in [1.165, 1.54) is 0 Å². The van der Waals surface area contributed by atoms with E-state index < -0.39 is 16.1 Å². The van der Waals surface area contributed by atoms with Crippen LogP contribution < -0.4 is 0 Å². The first-order valence-corrected chi connectivity index (χ1v) is 10.7. The lowest BCUT2D eigenvalue weighted by Crippen LogP contribution is -2.25. The third-order valence-electron chi connectivity index (χ3n) is 4.34. The van der Waals surface area contributed by atoms with Crippen molar-refractivity contribution in [1.29, 1.82) is 0 Å². The average molecular weight is 421 g/mol. The molecular weight excluding hydrogens is 407 g/mol. The summed E-state index contributed by atoms with van der Waals surface area (Å²) in [6, 6.07) is 10.1. The quantitative estimate of drug-likeness (QED) is 0.640. The van der Waals surface area contributed by atoms with E-state index in [1.54, 1.807) is 30.6 Å². The van der Waals surface area contributed by atoms with Gasteiger partial charge in [0.25, 0.3) is 0 Å². The Morgan fingerprint density at radius 1 is 1.04 bits per heavy atom. The monoisotopic (exact) mass is 420 g/mol. The van der Waals surface area contributed by atoms with Crippen LogP contribution in [0.2, 0.25) is 10.0 Å². The number of hydrazone groups is 1. The molecule has 0 fully saturated rings. The highest BCUT2D eigenvalue weighted by Crippen LogP contribution is 2.38. The van der Waals surface area contributed by atoms with Crippen LogP contribution in [0, 0.1) is 0 Å². The number of hydrogen-bond acceptors (Lipinski definition) is 5. The maximum atomic E-state index is 12.4. The van der Waals surface area contributed by atoms with Crippen LogP contribution in [0.3, 0.4) is 0 Å². The molecule has 0 radical (unpaired) electrons. The summed E-state index contributed by atoms with van der Waals surface area (Å²) in [6.45, 7) is 0. The van der Waals surface area contributed by atoms with Crippen LogP contribution in [-0.4, -0.2) is 34.8 Å². The number of rotatable bonds is 3. The van der Waals surface area contributed by atoms with Crippen molar-refractivity contribution >= 4 is 50.0 Å². The Bertz CT molecular complexity index is 1160. The topological polar surface area (TPSA) is 75.5 Å². The van der Waals surface area contributed by atoms with Gasteiger partial charge in [-0.2, -0.15) is 9.52 Å². The van der Waals surface area contributed by atoms with E-state index in [1.807, 2.05) is 18.2 Å². The minimum absolute atomic E-state index is 0.349. The molecule has 4 rings (SSSR count). The summed E-state index contributed by atoms with van der Waals surface area (Å²) in [5.74, 6) is 0. The van der Waals surface area contributed by atoms with Gasteiger partial charge in [0.05, 0.1) is 39.1 Å². The van der Waals surface area contributed by atoms with Crippen LogP contribution in [0.15, 0.2) is 53.9 Å².